The van der Waals surface area contributed by atoms with Crippen LogP contribution in [0.15, 0.2) is 23.2 Å². The molecule has 7 nitrogen and oxygen atoms in total. The Morgan fingerprint density at radius 3 is 2.81 bits per heavy atom. The van der Waals surface area contributed by atoms with Gasteiger partial charge in [-0.05, 0) is 44.0 Å². The average Bonchev–Trinajstić information content (AvgIpc) is 3.14. The number of hydrogen-bond donors (Lipinski definition) is 2. The molecule has 0 spiro atoms. The Balaban J connectivity index is 1.39. The van der Waals surface area contributed by atoms with Crippen LogP contribution in [-0.2, 0) is 11.3 Å². The molecular weight excluding hydrogens is 332 g/mol. The zero-order valence-corrected chi connectivity index (χ0v) is 15.6. The number of hydrogen-bond acceptors (Lipinski definition) is 5. The van der Waals surface area contributed by atoms with E-state index >= 15 is 0 Å². The van der Waals surface area contributed by atoms with Gasteiger partial charge in [-0.1, -0.05) is 6.07 Å². The predicted octanol–water partition coefficient (Wildman–Crippen LogP) is 1.58. The second-order valence-electron chi connectivity index (χ2n) is 6.47. The number of benzene rings is 1. The van der Waals surface area contributed by atoms with Gasteiger partial charge in [0.2, 0.25) is 6.79 Å². The van der Waals surface area contributed by atoms with Gasteiger partial charge in [-0.25, -0.2) is 4.99 Å². The number of ether oxygens (including phenoxy) is 3. The van der Waals surface area contributed by atoms with Crippen LogP contribution in [0.4, 0.5) is 0 Å². The first kappa shape index (κ1) is 18.8. The highest BCUT2D eigenvalue weighted by atomic mass is 16.7. The molecule has 0 atom stereocenters. The van der Waals surface area contributed by atoms with Crippen LogP contribution in [-0.4, -0.2) is 63.6 Å². The molecule has 0 saturated carbocycles. The van der Waals surface area contributed by atoms with Crippen molar-refractivity contribution in [2.45, 2.75) is 26.3 Å². The quantitative estimate of drug-likeness (QED) is 0.416. The monoisotopic (exact) mass is 362 g/mol. The zero-order chi connectivity index (χ0) is 18.0. The summed E-state index contributed by atoms with van der Waals surface area (Å²) in [5.41, 5.74) is 1.11. The fourth-order valence-electron chi connectivity index (χ4n) is 3.04. The molecule has 2 aliphatic heterocycles. The number of guanidine groups is 1. The Morgan fingerprint density at radius 2 is 1.96 bits per heavy atom. The van der Waals surface area contributed by atoms with Crippen LogP contribution < -0.4 is 20.1 Å². The van der Waals surface area contributed by atoms with Crippen LogP contribution in [0.5, 0.6) is 11.5 Å². The molecule has 144 valence electrons. The van der Waals surface area contributed by atoms with E-state index in [0.29, 0.717) is 13.3 Å². The third-order valence-electron chi connectivity index (χ3n) is 4.50. The van der Waals surface area contributed by atoms with E-state index in [4.69, 9.17) is 14.2 Å². The van der Waals surface area contributed by atoms with E-state index in [1.165, 1.54) is 6.42 Å². The number of rotatable bonds is 8. The number of fused-ring (bicyclic) bond motifs is 1. The van der Waals surface area contributed by atoms with Crippen LogP contribution in [0.1, 0.15) is 25.3 Å². The van der Waals surface area contributed by atoms with E-state index < -0.39 is 0 Å². The third kappa shape index (κ3) is 5.78. The van der Waals surface area contributed by atoms with Gasteiger partial charge in [-0.15, -0.1) is 0 Å². The molecule has 0 amide bonds. The summed E-state index contributed by atoms with van der Waals surface area (Å²) in [4.78, 5) is 7.14. The largest absolute Gasteiger partial charge is 0.454 e. The lowest BCUT2D eigenvalue weighted by atomic mass is 10.2. The maximum atomic E-state index is 5.42. The number of nitrogens with one attached hydrogen (secondary N) is 2. The van der Waals surface area contributed by atoms with Gasteiger partial charge in [-0.2, -0.15) is 0 Å². The van der Waals surface area contributed by atoms with Gasteiger partial charge in [-0.3, -0.25) is 4.90 Å². The molecule has 0 aliphatic carbocycles. The summed E-state index contributed by atoms with van der Waals surface area (Å²) in [5.74, 6) is 2.47. The number of morpholine rings is 1. The standard InChI is InChI=1S/C19H30N4O3/c1-2-20-19(21-7-3-4-8-23-9-11-24-12-10-23)22-14-16-5-6-17-18(13-16)26-15-25-17/h5-6,13H,2-4,7-12,14-15H2,1H3,(H2,20,21,22). The van der Waals surface area contributed by atoms with E-state index in [9.17, 15) is 0 Å². The van der Waals surface area contributed by atoms with Crippen molar-refractivity contribution in [3.63, 3.8) is 0 Å². The maximum Gasteiger partial charge on any atom is 0.231 e. The van der Waals surface area contributed by atoms with Crippen molar-refractivity contribution in [2.24, 2.45) is 4.99 Å². The topological polar surface area (TPSA) is 67.4 Å². The lowest BCUT2D eigenvalue weighted by molar-refractivity contribution is 0.0372. The van der Waals surface area contributed by atoms with Crippen molar-refractivity contribution in [2.75, 3.05) is 52.7 Å². The number of nitrogens with zero attached hydrogens (tertiary/aromatic N) is 2. The van der Waals surface area contributed by atoms with Gasteiger partial charge >= 0.3 is 0 Å². The fraction of sp³-hybridized carbons (Fsp3) is 0.632. The van der Waals surface area contributed by atoms with Gasteiger partial charge in [0.15, 0.2) is 17.5 Å². The van der Waals surface area contributed by atoms with Crippen LogP contribution in [0.2, 0.25) is 0 Å². The van der Waals surface area contributed by atoms with Gasteiger partial charge in [0.1, 0.15) is 0 Å². The van der Waals surface area contributed by atoms with Crippen molar-refractivity contribution in [3.05, 3.63) is 23.8 Å². The first-order chi connectivity index (χ1) is 12.8. The molecule has 2 aliphatic rings. The molecule has 2 heterocycles. The average molecular weight is 362 g/mol. The summed E-state index contributed by atoms with van der Waals surface area (Å²) < 4.78 is 16.1. The SMILES string of the molecule is CCNC(=NCc1ccc2c(c1)OCO2)NCCCCN1CCOCC1. The minimum Gasteiger partial charge on any atom is -0.454 e. The molecule has 0 radical (unpaired) electrons. The van der Waals surface area contributed by atoms with Gasteiger partial charge < -0.3 is 24.8 Å². The molecule has 0 aromatic heterocycles. The molecular formula is C19H30N4O3. The second-order valence-corrected chi connectivity index (χ2v) is 6.47. The Bertz CT molecular complexity index is 588. The minimum absolute atomic E-state index is 0.302. The summed E-state index contributed by atoms with van der Waals surface area (Å²) in [6.45, 7) is 9.78. The van der Waals surface area contributed by atoms with Crippen molar-refractivity contribution in [1.29, 1.82) is 0 Å². The molecule has 26 heavy (non-hydrogen) atoms. The summed E-state index contributed by atoms with van der Waals surface area (Å²) in [7, 11) is 0. The predicted molar refractivity (Wildman–Crippen MR) is 102 cm³/mol. The normalized spacial score (nSPS) is 17.3. The lowest BCUT2D eigenvalue weighted by Gasteiger charge is -2.26. The molecule has 1 aromatic rings. The first-order valence-electron chi connectivity index (χ1n) is 9.56. The summed E-state index contributed by atoms with van der Waals surface area (Å²) in [5, 5.41) is 6.72. The zero-order valence-electron chi connectivity index (χ0n) is 15.6. The number of aliphatic imine (C=N–C) groups is 1. The molecule has 3 rings (SSSR count). The Hall–Kier alpha value is -1.99. The highest BCUT2D eigenvalue weighted by Crippen LogP contribution is 2.32. The molecule has 1 saturated heterocycles. The second kappa shape index (κ2) is 10.2. The minimum atomic E-state index is 0.302. The van der Waals surface area contributed by atoms with E-state index in [1.54, 1.807) is 0 Å². The van der Waals surface area contributed by atoms with Gasteiger partial charge in [0.05, 0.1) is 19.8 Å². The highest BCUT2D eigenvalue weighted by molar-refractivity contribution is 5.79. The molecule has 7 heteroatoms. The molecule has 1 fully saturated rings. The van der Waals surface area contributed by atoms with Crippen molar-refractivity contribution >= 4 is 5.96 Å². The van der Waals surface area contributed by atoms with Crippen molar-refractivity contribution in [3.8, 4) is 11.5 Å². The van der Waals surface area contributed by atoms with Crippen LogP contribution in [0, 0.1) is 0 Å². The van der Waals surface area contributed by atoms with Crippen LogP contribution >= 0.6 is 0 Å². The molecule has 2 N–H and O–H groups in total. The fourth-order valence-corrected chi connectivity index (χ4v) is 3.04. The summed E-state index contributed by atoms with van der Waals surface area (Å²) >= 11 is 0. The number of unbranched alkanes of at least 4 members (excludes halogenated alkanes) is 1. The Labute approximate surface area is 155 Å². The Kier molecular flexibility index (Phi) is 7.39. The van der Waals surface area contributed by atoms with Crippen LogP contribution in [0.25, 0.3) is 0 Å². The van der Waals surface area contributed by atoms with E-state index in [-0.39, 0.29) is 0 Å². The third-order valence-corrected chi connectivity index (χ3v) is 4.50. The Morgan fingerprint density at radius 1 is 1.12 bits per heavy atom. The smallest absolute Gasteiger partial charge is 0.231 e. The molecule has 0 bridgehead atoms. The maximum absolute atomic E-state index is 5.42. The lowest BCUT2D eigenvalue weighted by Crippen LogP contribution is -2.39. The van der Waals surface area contributed by atoms with E-state index in [2.05, 4.69) is 27.4 Å². The van der Waals surface area contributed by atoms with Gasteiger partial charge in [0, 0.05) is 26.2 Å². The van der Waals surface area contributed by atoms with Crippen molar-refractivity contribution < 1.29 is 14.2 Å². The molecule has 1 aromatic carbocycles. The summed E-state index contributed by atoms with van der Waals surface area (Å²) in [6, 6.07) is 5.97. The molecule has 0 unspecified atom stereocenters. The first-order valence-corrected chi connectivity index (χ1v) is 9.56. The van der Waals surface area contributed by atoms with E-state index in [1.807, 2.05) is 18.2 Å². The highest BCUT2D eigenvalue weighted by Gasteiger charge is 2.13. The van der Waals surface area contributed by atoms with E-state index in [0.717, 1.165) is 75.4 Å². The van der Waals surface area contributed by atoms with Gasteiger partial charge in [0.25, 0.3) is 0 Å². The van der Waals surface area contributed by atoms with Crippen LogP contribution in [0.3, 0.4) is 0 Å². The summed E-state index contributed by atoms with van der Waals surface area (Å²) in [6.07, 6.45) is 2.32. The van der Waals surface area contributed by atoms with Crippen molar-refractivity contribution in [1.82, 2.24) is 15.5 Å².